The number of likely N-dealkylation sites (N-methyl/N-ethyl adjacent to an activating group) is 1. The number of aliphatic carboxylic acids is 1. The highest BCUT2D eigenvalue weighted by Gasteiger charge is 2.53. The number of rotatable bonds is 1. The number of morpholine rings is 1. The first-order chi connectivity index (χ1) is 7.47. The first-order valence-corrected chi connectivity index (χ1v) is 5.65. The Kier molecular flexibility index (Phi) is 2.66. The van der Waals surface area contributed by atoms with Crippen LogP contribution in [0, 0.1) is 0 Å². The number of carbonyl (C=O) groups is 2. The summed E-state index contributed by atoms with van der Waals surface area (Å²) in [5, 5.41) is 9.10. The molecule has 90 valence electrons. The molecule has 1 aliphatic carbocycles. The van der Waals surface area contributed by atoms with Gasteiger partial charge in [-0.3, -0.25) is 4.79 Å². The van der Waals surface area contributed by atoms with Gasteiger partial charge >= 0.3 is 5.97 Å². The first kappa shape index (κ1) is 11.4. The third-order valence-electron chi connectivity index (χ3n) is 3.69. The van der Waals surface area contributed by atoms with Crippen molar-refractivity contribution in [3.63, 3.8) is 0 Å². The van der Waals surface area contributed by atoms with Gasteiger partial charge in [0, 0.05) is 7.05 Å². The summed E-state index contributed by atoms with van der Waals surface area (Å²) in [6.45, 7) is 1.35. The maximum Gasteiger partial charge on any atom is 0.345 e. The maximum absolute atomic E-state index is 12.0. The number of carbonyl (C=O) groups excluding carboxylic acids is 1. The molecule has 5 nitrogen and oxygen atoms in total. The first-order valence-electron chi connectivity index (χ1n) is 5.65. The van der Waals surface area contributed by atoms with Gasteiger partial charge in [-0.25, -0.2) is 4.79 Å². The number of fused-ring (bicyclic) bond motifs is 1. The number of carboxylic acid groups (broad SMARTS) is 1. The largest absolute Gasteiger partial charge is 0.479 e. The van der Waals surface area contributed by atoms with Crippen molar-refractivity contribution in [2.75, 3.05) is 7.05 Å². The van der Waals surface area contributed by atoms with Crippen molar-refractivity contribution in [3.8, 4) is 0 Å². The monoisotopic (exact) mass is 227 g/mol. The van der Waals surface area contributed by atoms with Gasteiger partial charge in [-0.15, -0.1) is 0 Å². The summed E-state index contributed by atoms with van der Waals surface area (Å²) >= 11 is 0. The molecule has 0 spiro atoms. The smallest absolute Gasteiger partial charge is 0.345 e. The number of amides is 1. The predicted molar refractivity (Wildman–Crippen MR) is 55.9 cm³/mol. The highest BCUT2D eigenvalue weighted by Crippen LogP contribution is 2.34. The minimum absolute atomic E-state index is 0.0497. The minimum atomic E-state index is -1.70. The van der Waals surface area contributed by atoms with Crippen molar-refractivity contribution in [1.29, 1.82) is 0 Å². The quantitative estimate of drug-likeness (QED) is 0.667. The van der Waals surface area contributed by atoms with E-state index in [1.165, 1.54) is 6.92 Å². The Labute approximate surface area is 94.4 Å². The molecule has 5 heteroatoms. The second kappa shape index (κ2) is 3.73. The molecule has 0 radical (unpaired) electrons. The van der Waals surface area contributed by atoms with Crippen molar-refractivity contribution in [1.82, 2.24) is 4.90 Å². The lowest BCUT2D eigenvalue weighted by molar-refractivity contribution is -0.207. The van der Waals surface area contributed by atoms with E-state index in [9.17, 15) is 9.59 Å². The molecule has 0 aromatic carbocycles. The van der Waals surface area contributed by atoms with Crippen molar-refractivity contribution < 1.29 is 19.4 Å². The van der Waals surface area contributed by atoms with E-state index in [1.807, 2.05) is 0 Å². The zero-order valence-electron chi connectivity index (χ0n) is 9.60. The molecule has 1 aliphatic heterocycles. The summed E-state index contributed by atoms with van der Waals surface area (Å²) < 4.78 is 5.53. The summed E-state index contributed by atoms with van der Waals surface area (Å²) in [6, 6.07) is 0.0497. The normalized spacial score (nSPS) is 39.4. The van der Waals surface area contributed by atoms with E-state index in [0.29, 0.717) is 0 Å². The maximum atomic E-state index is 12.0. The minimum Gasteiger partial charge on any atom is -0.479 e. The van der Waals surface area contributed by atoms with Gasteiger partial charge in [0.15, 0.2) is 0 Å². The van der Waals surface area contributed by atoms with Crippen molar-refractivity contribution in [2.24, 2.45) is 0 Å². The van der Waals surface area contributed by atoms with Gasteiger partial charge in [0.25, 0.3) is 5.91 Å². The molecule has 1 heterocycles. The molecule has 0 bridgehead atoms. The number of hydrogen-bond acceptors (Lipinski definition) is 3. The second-order valence-electron chi connectivity index (χ2n) is 4.76. The Morgan fingerprint density at radius 1 is 1.50 bits per heavy atom. The van der Waals surface area contributed by atoms with Crippen LogP contribution in [0.2, 0.25) is 0 Å². The lowest BCUT2D eigenvalue weighted by Gasteiger charge is -2.47. The Balaban J connectivity index is 2.28. The highest BCUT2D eigenvalue weighted by atomic mass is 16.5. The van der Waals surface area contributed by atoms with Crippen LogP contribution in [0.1, 0.15) is 32.6 Å². The summed E-state index contributed by atoms with van der Waals surface area (Å²) in [7, 11) is 1.68. The summed E-state index contributed by atoms with van der Waals surface area (Å²) in [6.07, 6.45) is 3.73. The van der Waals surface area contributed by atoms with E-state index in [4.69, 9.17) is 9.84 Å². The molecule has 0 aromatic rings. The molecule has 1 unspecified atom stereocenters. The van der Waals surface area contributed by atoms with E-state index in [0.717, 1.165) is 25.7 Å². The van der Waals surface area contributed by atoms with Crippen molar-refractivity contribution >= 4 is 11.9 Å². The predicted octanol–water partition coefficient (Wildman–Crippen LogP) is 0.629. The molecule has 1 amide bonds. The van der Waals surface area contributed by atoms with Crippen LogP contribution in [0.25, 0.3) is 0 Å². The average molecular weight is 227 g/mol. The van der Waals surface area contributed by atoms with Gasteiger partial charge in [0.1, 0.15) is 0 Å². The molecule has 3 atom stereocenters. The van der Waals surface area contributed by atoms with E-state index in [-0.39, 0.29) is 12.1 Å². The van der Waals surface area contributed by atoms with Gasteiger partial charge < -0.3 is 14.7 Å². The fraction of sp³-hybridized carbons (Fsp3) is 0.818. The molecule has 2 aliphatic rings. The third-order valence-corrected chi connectivity index (χ3v) is 3.69. The average Bonchev–Trinajstić information content (AvgIpc) is 2.26. The Morgan fingerprint density at radius 2 is 2.12 bits per heavy atom. The van der Waals surface area contributed by atoms with Crippen LogP contribution < -0.4 is 0 Å². The van der Waals surface area contributed by atoms with E-state index >= 15 is 0 Å². The van der Waals surface area contributed by atoms with Gasteiger partial charge in [-0.2, -0.15) is 0 Å². The number of nitrogens with zero attached hydrogens (tertiary/aromatic N) is 1. The van der Waals surface area contributed by atoms with Crippen molar-refractivity contribution in [2.45, 2.75) is 50.4 Å². The zero-order chi connectivity index (χ0) is 11.9. The van der Waals surface area contributed by atoms with Gasteiger partial charge in [-0.1, -0.05) is 12.8 Å². The van der Waals surface area contributed by atoms with E-state index in [1.54, 1.807) is 11.9 Å². The zero-order valence-corrected chi connectivity index (χ0v) is 9.60. The van der Waals surface area contributed by atoms with Crippen LogP contribution in [0.4, 0.5) is 0 Å². The lowest BCUT2D eigenvalue weighted by Crippen LogP contribution is -2.65. The number of carboxylic acids is 1. The third kappa shape index (κ3) is 1.50. The van der Waals surface area contributed by atoms with Gasteiger partial charge in [-0.05, 0) is 19.8 Å². The highest BCUT2D eigenvalue weighted by molar-refractivity contribution is 6.05. The number of hydrogen-bond donors (Lipinski definition) is 1. The Bertz CT molecular complexity index is 330. The molecule has 1 saturated carbocycles. The molecule has 16 heavy (non-hydrogen) atoms. The summed E-state index contributed by atoms with van der Waals surface area (Å²) in [4.78, 5) is 24.7. The van der Waals surface area contributed by atoms with E-state index < -0.39 is 17.5 Å². The molecule has 0 aromatic heterocycles. The van der Waals surface area contributed by atoms with Crippen LogP contribution in [-0.2, 0) is 14.3 Å². The standard InChI is InChI=1S/C11H17NO4/c1-11(10(14)15)9(13)12(2)7-5-3-4-6-8(7)16-11/h7-8H,3-6H2,1-2H3,(H,14,15)/t7-,8?,11+/m1/s1. The van der Waals surface area contributed by atoms with Crippen LogP contribution in [0.5, 0.6) is 0 Å². The molecular formula is C11H17NO4. The summed E-state index contributed by atoms with van der Waals surface area (Å²) in [5.74, 6) is -1.64. The van der Waals surface area contributed by atoms with E-state index in [2.05, 4.69) is 0 Å². The fourth-order valence-electron chi connectivity index (χ4n) is 2.64. The van der Waals surface area contributed by atoms with Crippen LogP contribution in [0.3, 0.4) is 0 Å². The summed E-state index contributed by atoms with van der Waals surface area (Å²) in [5.41, 5.74) is -1.70. The topological polar surface area (TPSA) is 66.8 Å². The molecule has 1 N–H and O–H groups in total. The van der Waals surface area contributed by atoms with Gasteiger partial charge in [0.2, 0.25) is 5.60 Å². The Hall–Kier alpha value is -1.10. The van der Waals surface area contributed by atoms with Crippen molar-refractivity contribution in [3.05, 3.63) is 0 Å². The SMILES string of the molecule is CN1C(=O)[C@@](C)(C(=O)O)OC2CCCC[C@H]21. The molecule has 2 rings (SSSR count). The molecule has 1 saturated heterocycles. The van der Waals surface area contributed by atoms with Crippen LogP contribution in [-0.4, -0.2) is 46.7 Å². The Morgan fingerprint density at radius 3 is 2.75 bits per heavy atom. The number of ether oxygens (including phenoxy) is 1. The molecule has 2 fully saturated rings. The van der Waals surface area contributed by atoms with Crippen LogP contribution >= 0.6 is 0 Å². The van der Waals surface area contributed by atoms with Gasteiger partial charge in [0.05, 0.1) is 12.1 Å². The second-order valence-corrected chi connectivity index (χ2v) is 4.76. The lowest BCUT2D eigenvalue weighted by atomic mass is 9.87. The van der Waals surface area contributed by atoms with Crippen LogP contribution in [0.15, 0.2) is 0 Å². The molecular weight excluding hydrogens is 210 g/mol. The fourth-order valence-corrected chi connectivity index (χ4v) is 2.64.